The molecule has 146 valence electrons. The number of aromatic nitrogens is 3. The van der Waals surface area contributed by atoms with E-state index in [0.717, 1.165) is 33.7 Å². The normalized spacial score (nSPS) is 11.9. The number of hydrogen-bond donors (Lipinski definition) is 2. The van der Waals surface area contributed by atoms with E-state index in [-0.39, 0.29) is 11.9 Å². The van der Waals surface area contributed by atoms with Gasteiger partial charge >= 0.3 is 0 Å². The molecule has 0 radical (unpaired) electrons. The van der Waals surface area contributed by atoms with Crippen molar-refractivity contribution in [2.75, 3.05) is 7.11 Å². The topological polar surface area (TPSA) is 62.8 Å². The lowest BCUT2D eigenvalue weighted by Gasteiger charge is -2.20. The number of aromatic amines is 1. The number of halogens is 1. The Kier molecular flexibility index (Phi) is 5.63. The molecule has 2 heterocycles. The summed E-state index contributed by atoms with van der Waals surface area (Å²) in [4.78, 5) is 4.13. The molecule has 0 amide bonds. The average molecular weight is 388 g/mol. The Hall–Kier alpha value is -3.51. The van der Waals surface area contributed by atoms with Crippen molar-refractivity contribution in [2.45, 2.75) is 12.6 Å². The van der Waals surface area contributed by atoms with E-state index >= 15 is 0 Å². The Labute approximate surface area is 168 Å². The predicted octanol–water partition coefficient (Wildman–Crippen LogP) is 4.50. The van der Waals surface area contributed by atoms with E-state index in [9.17, 15) is 4.39 Å². The van der Waals surface area contributed by atoms with Gasteiger partial charge in [-0.05, 0) is 59.7 Å². The number of ether oxygens (including phenoxy) is 1. The second kappa shape index (κ2) is 8.67. The van der Waals surface area contributed by atoms with Crippen LogP contribution < -0.4 is 10.1 Å². The van der Waals surface area contributed by atoms with Crippen LogP contribution in [0, 0.1) is 5.82 Å². The molecule has 6 heteroatoms. The van der Waals surface area contributed by atoms with E-state index in [0.29, 0.717) is 6.54 Å². The van der Waals surface area contributed by atoms with Crippen molar-refractivity contribution in [3.8, 4) is 17.0 Å². The van der Waals surface area contributed by atoms with Crippen molar-refractivity contribution < 1.29 is 9.13 Å². The lowest BCUT2D eigenvalue weighted by molar-refractivity contribution is 0.414. The molecule has 0 saturated carbocycles. The van der Waals surface area contributed by atoms with E-state index in [1.54, 1.807) is 37.8 Å². The summed E-state index contributed by atoms with van der Waals surface area (Å²) in [7, 11) is 1.66. The first-order chi connectivity index (χ1) is 14.2. The smallest absolute Gasteiger partial charge is 0.123 e. The van der Waals surface area contributed by atoms with Gasteiger partial charge in [0.25, 0.3) is 0 Å². The quantitative estimate of drug-likeness (QED) is 0.489. The molecular weight excluding hydrogens is 367 g/mol. The summed E-state index contributed by atoms with van der Waals surface area (Å²) in [6.45, 7) is 0.586. The summed E-state index contributed by atoms with van der Waals surface area (Å²) in [6, 6.07) is 18.4. The van der Waals surface area contributed by atoms with Crippen LogP contribution in [-0.4, -0.2) is 22.3 Å². The van der Waals surface area contributed by atoms with Gasteiger partial charge < -0.3 is 10.1 Å². The number of H-pyrrole nitrogens is 1. The molecule has 0 spiro atoms. The number of benzene rings is 2. The molecule has 29 heavy (non-hydrogen) atoms. The maximum atomic E-state index is 13.3. The lowest BCUT2D eigenvalue weighted by atomic mass is 9.99. The molecule has 4 aromatic rings. The first-order valence-electron chi connectivity index (χ1n) is 9.30. The Morgan fingerprint density at radius 3 is 2.34 bits per heavy atom. The fourth-order valence-electron chi connectivity index (χ4n) is 3.30. The third-order valence-corrected chi connectivity index (χ3v) is 4.84. The fourth-order valence-corrected chi connectivity index (χ4v) is 3.30. The second-order valence-electron chi connectivity index (χ2n) is 6.64. The molecule has 5 nitrogen and oxygen atoms in total. The van der Waals surface area contributed by atoms with Gasteiger partial charge in [0.1, 0.15) is 11.6 Å². The third kappa shape index (κ3) is 4.33. The molecule has 2 aromatic carbocycles. The molecule has 0 aliphatic heterocycles. The SMILES string of the molecule is COc1ccc([C@H](NCc2cn[nH]c2-c2ccc(F)cc2)c2ccncc2)cc1. The van der Waals surface area contributed by atoms with E-state index < -0.39 is 0 Å². The van der Waals surface area contributed by atoms with Gasteiger partial charge in [0.05, 0.1) is 25.0 Å². The zero-order valence-electron chi connectivity index (χ0n) is 16.0. The Balaban J connectivity index is 1.59. The van der Waals surface area contributed by atoms with E-state index in [4.69, 9.17) is 4.74 Å². The van der Waals surface area contributed by atoms with E-state index in [2.05, 4.69) is 20.5 Å². The minimum Gasteiger partial charge on any atom is -0.497 e. The fraction of sp³-hybridized carbons (Fsp3) is 0.130. The van der Waals surface area contributed by atoms with Gasteiger partial charge in [0, 0.05) is 30.1 Å². The molecule has 2 N–H and O–H groups in total. The molecule has 0 fully saturated rings. The van der Waals surface area contributed by atoms with Gasteiger partial charge in [-0.25, -0.2) is 4.39 Å². The molecule has 0 saturated heterocycles. The maximum absolute atomic E-state index is 13.3. The van der Waals surface area contributed by atoms with Gasteiger partial charge in [-0.2, -0.15) is 5.10 Å². The predicted molar refractivity (Wildman–Crippen MR) is 110 cm³/mol. The standard InChI is InChI=1S/C23H21FN4O/c1-29-21-8-4-16(5-9-21)22(18-10-12-25-13-11-18)26-14-19-15-27-28-23(19)17-2-6-20(24)7-3-17/h2-13,15,22,26H,14H2,1H3,(H,27,28)/t22-/m0/s1. The van der Waals surface area contributed by atoms with Crippen LogP contribution in [0.25, 0.3) is 11.3 Å². The van der Waals surface area contributed by atoms with Crippen molar-refractivity contribution in [1.82, 2.24) is 20.5 Å². The van der Waals surface area contributed by atoms with Crippen LogP contribution in [0.1, 0.15) is 22.7 Å². The largest absolute Gasteiger partial charge is 0.497 e. The summed E-state index contributed by atoms with van der Waals surface area (Å²) in [5, 5.41) is 10.8. The highest BCUT2D eigenvalue weighted by atomic mass is 19.1. The molecule has 0 aliphatic carbocycles. The van der Waals surface area contributed by atoms with Crippen molar-refractivity contribution in [1.29, 1.82) is 0 Å². The van der Waals surface area contributed by atoms with Crippen LogP contribution in [0.2, 0.25) is 0 Å². The zero-order valence-corrected chi connectivity index (χ0v) is 16.0. The number of hydrogen-bond acceptors (Lipinski definition) is 4. The van der Waals surface area contributed by atoms with Crippen LogP contribution in [0.3, 0.4) is 0 Å². The number of methoxy groups -OCH3 is 1. The van der Waals surface area contributed by atoms with Crippen LogP contribution in [0.15, 0.2) is 79.3 Å². The van der Waals surface area contributed by atoms with Gasteiger partial charge in [-0.3, -0.25) is 10.1 Å². The van der Waals surface area contributed by atoms with Crippen molar-refractivity contribution in [3.05, 3.63) is 102 Å². The van der Waals surface area contributed by atoms with Crippen LogP contribution >= 0.6 is 0 Å². The maximum Gasteiger partial charge on any atom is 0.123 e. The van der Waals surface area contributed by atoms with Gasteiger partial charge in [-0.1, -0.05) is 12.1 Å². The highest BCUT2D eigenvalue weighted by molar-refractivity contribution is 5.62. The Bertz CT molecular complexity index is 1050. The van der Waals surface area contributed by atoms with E-state index in [1.807, 2.05) is 36.4 Å². The van der Waals surface area contributed by atoms with Crippen molar-refractivity contribution in [3.63, 3.8) is 0 Å². The molecule has 4 rings (SSSR count). The van der Waals surface area contributed by atoms with Crippen LogP contribution in [0.4, 0.5) is 4.39 Å². The van der Waals surface area contributed by atoms with E-state index in [1.165, 1.54) is 12.1 Å². The number of nitrogens with one attached hydrogen (secondary N) is 2. The summed E-state index contributed by atoms with van der Waals surface area (Å²) in [5.74, 6) is 0.556. The summed E-state index contributed by atoms with van der Waals surface area (Å²) >= 11 is 0. The van der Waals surface area contributed by atoms with Crippen molar-refractivity contribution in [2.24, 2.45) is 0 Å². The monoisotopic (exact) mass is 388 g/mol. The van der Waals surface area contributed by atoms with Gasteiger partial charge in [-0.15, -0.1) is 0 Å². The molecule has 0 unspecified atom stereocenters. The average Bonchev–Trinajstić information content (AvgIpc) is 3.24. The summed E-state index contributed by atoms with van der Waals surface area (Å²) in [6.07, 6.45) is 5.37. The number of nitrogens with zero attached hydrogens (tertiary/aromatic N) is 2. The minimum atomic E-state index is -0.259. The lowest BCUT2D eigenvalue weighted by Crippen LogP contribution is -2.22. The second-order valence-corrected chi connectivity index (χ2v) is 6.64. The first-order valence-corrected chi connectivity index (χ1v) is 9.30. The number of pyridine rings is 1. The molecule has 2 aromatic heterocycles. The number of rotatable bonds is 7. The first kappa shape index (κ1) is 18.8. The summed E-state index contributed by atoms with van der Waals surface area (Å²) in [5.41, 5.74) is 5.00. The van der Waals surface area contributed by atoms with Crippen molar-refractivity contribution >= 4 is 0 Å². The Morgan fingerprint density at radius 1 is 0.966 bits per heavy atom. The minimum absolute atomic E-state index is 0.0279. The third-order valence-electron chi connectivity index (χ3n) is 4.84. The molecular formula is C23H21FN4O. The highest BCUT2D eigenvalue weighted by Crippen LogP contribution is 2.26. The zero-order chi connectivity index (χ0) is 20.1. The van der Waals surface area contributed by atoms with Gasteiger partial charge in [0.15, 0.2) is 0 Å². The Morgan fingerprint density at radius 2 is 1.66 bits per heavy atom. The molecule has 1 atom stereocenters. The highest BCUT2D eigenvalue weighted by Gasteiger charge is 2.16. The molecule has 0 aliphatic rings. The van der Waals surface area contributed by atoms with Crippen LogP contribution in [0.5, 0.6) is 5.75 Å². The molecule has 0 bridgehead atoms. The van der Waals surface area contributed by atoms with Gasteiger partial charge in [0.2, 0.25) is 0 Å². The van der Waals surface area contributed by atoms with Crippen LogP contribution in [-0.2, 0) is 6.54 Å². The summed E-state index contributed by atoms with van der Waals surface area (Å²) < 4.78 is 18.5.